The standard InChI is InChI=1S/C20H20F4N4O/c1-2-3-4-5-7-28-8-6-11-9-12(15(21)16(22)14(11)20(28)29)19-26-10-13(17(23)24)18(25)27-19/h6,8-10,17H,2-5,7H2,1H3,(H2,25,26,27). The van der Waals surface area contributed by atoms with Crippen molar-refractivity contribution in [2.24, 2.45) is 0 Å². The van der Waals surface area contributed by atoms with E-state index in [-0.39, 0.29) is 22.2 Å². The number of anilines is 1. The zero-order chi connectivity index (χ0) is 21.1. The molecule has 9 heteroatoms. The summed E-state index contributed by atoms with van der Waals surface area (Å²) in [4.78, 5) is 20.0. The summed E-state index contributed by atoms with van der Waals surface area (Å²) >= 11 is 0. The van der Waals surface area contributed by atoms with Crippen LogP contribution in [0.5, 0.6) is 0 Å². The summed E-state index contributed by atoms with van der Waals surface area (Å²) in [6.07, 6.45) is 3.17. The molecule has 2 aromatic heterocycles. The van der Waals surface area contributed by atoms with Crippen LogP contribution in [-0.2, 0) is 6.54 Å². The highest BCUT2D eigenvalue weighted by atomic mass is 19.3. The quantitative estimate of drug-likeness (QED) is 0.449. The lowest BCUT2D eigenvalue weighted by molar-refractivity contribution is 0.151. The van der Waals surface area contributed by atoms with Crippen LogP contribution in [0, 0.1) is 11.6 Å². The van der Waals surface area contributed by atoms with Crippen molar-refractivity contribution in [2.45, 2.75) is 45.6 Å². The molecule has 0 aliphatic carbocycles. The van der Waals surface area contributed by atoms with Crippen molar-refractivity contribution < 1.29 is 17.6 Å². The maximum Gasteiger partial charge on any atom is 0.268 e. The summed E-state index contributed by atoms with van der Waals surface area (Å²) in [6, 6.07) is 2.72. The Labute approximate surface area is 164 Å². The lowest BCUT2D eigenvalue weighted by Gasteiger charge is -2.11. The molecule has 0 bridgehead atoms. The van der Waals surface area contributed by atoms with Crippen LogP contribution < -0.4 is 11.3 Å². The van der Waals surface area contributed by atoms with Crippen molar-refractivity contribution in [3.05, 3.63) is 52.1 Å². The first-order valence-electron chi connectivity index (χ1n) is 9.27. The number of hydrogen-bond acceptors (Lipinski definition) is 4. The number of alkyl halides is 2. The number of fused-ring (bicyclic) bond motifs is 1. The van der Waals surface area contributed by atoms with Crippen molar-refractivity contribution in [3.63, 3.8) is 0 Å². The van der Waals surface area contributed by atoms with Crippen molar-refractivity contribution in [3.8, 4) is 11.4 Å². The normalized spacial score (nSPS) is 11.5. The van der Waals surface area contributed by atoms with Crippen LogP contribution in [0.1, 0.15) is 44.6 Å². The van der Waals surface area contributed by atoms with Gasteiger partial charge in [-0.05, 0) is 23.9 Å². The number of benzene rings is 1. The Bertz CT molecular complexity index is 1100. The fourth-order valence-electron chi connectivity index (χ4n) is 3.13. The van der Waals surface area contributed by atoms with Crippen LogP contribution in [0.15, 0.2) is 29.3 Å². The van der Waals surface area contributed by atoms with E-state index < -0.39 is 35.0 Å². The predicted molar refractivity (Wildman–Crippen MR) is 103 cm³/mol. The van der Waals surface area contributed by atoms with E-state index >= 15 is 0 Å². The Morgan fingerprint density at radius 2 is 1.93 bits per heavy atom. The highest BCUT2D eigenvalue weighted by Gasteiger charge is 2.21. The molecule has 0 saturated heterocycles. The zero-order valence-electron chi connectivity index (χ0n) is 15.8. The molecule has 154 valence electrons. The van der Waals surface area contributed by atoms with Crippen molar-refractivity contribution >= 4 is 16.6 Å². The Morgan fingerprint density at radius 1 is 1.17 bits per heavy atom. The Kier molecular flexibility index (Phi) is 6.14. The van der Waals surface area contributed by atoms with E-state index in [0.29, 0.717) is 6.54 Å². The summed E-state index contributed by atoms with van der Waals surface area (Å²) in [5.74, 6) is -3.52. The molecular weight excluding hydrogens is 388 g/mol. The van der Waals surface area contributed by atoms with Gasteiger partial charge in [-0.25, -0.2) is 27.5 Å². The van der Waals surface area contributed by atoms with Gasteiger partial charge in [-0.2, -0.15) is 0 Å². The number of nitrogens with zero attached hydrogens (tertiary/aromatic N) is 3. The average molecular weight is 408 g/mol. The molecule has 0 unspecified atom stereocenters. The fraction of sp³-hybridized carbons (Fsp3) is 0.350. The molecule has 5 nitrogen and oxygen atoms in total. The first kappa shape index (κ1) is 20.8. The minimum Gasteiger partial charge on any atom is -0.383 e. The minimum atomic E-state index is -2.89. The number of aryl methyl sites for hydroxylation is 1. The molecule has 3 rings (SSSR count). The molecule has 0 fully saturated rings. The van der Waals surface area contributed by atoms with Gasteiger partial charge in [0.25, 0.3) is 12.0 Å². The van der Waals surface area contributed by atoms with Crippen molar-refractivity contribution in [1.82, 2.24) is 14.5 Å². The summed E-state index contributed by atoms with van der Waals surface area (Å²) in [7, 11) is 0. The number of halogens is 4. The van der Waals surface area contributed by atoms with Crippen LogP contribution in [0.2, 0.25) is 0 Å². The van der Waals surface area contributed by atoms with Gasteiger partial charge in [0.2, 0.25) is 0 Å². The average Bonchev–Trinajstić information content (AvgIpc) is 2.68. The second-order valence-electron chi connectivity index (χ2n) is 6.73. The van der Waals surface area contributed by atoms with Gasteiger partial charge in [0.15, 0.2) is 17.5 Å². The van der Waals surface area contributed by atoms with E-state index in [9.17, 15) is 22.4 Å². The smallest absolute Gasteiger partial charge is 0.268 e. The van der Waals surface area contributed by atoms with Crippen LogP contribution >= 0.6 is 0 Å². The Morgan fingerprint density at radius 3 is 2.59 bits per heavy atom. The number of rotatable bonds is 7. The molecule has 2 heterocycles. The number of nitrogens with two attached hydrogens (primary N) is 1. The number of aromatic nitrogens is 3. The largest absolute Gasteiger partial charge is 0.383 e. The molecule has 3 aromatic rings. The molecule has 0 aliphatic rings. The van der Waals surface area contributed by atoms with Crippen LogP contribution in [0.25, 0.3) is 22.2 Å². The lowest BCUT2D eigenvalue weighted by atomic mass is 10.1. The first-order chi connectivity index (χ1) is 13.8. The van der Waals surface area contributed by atoms with Crippen LogP contribution in [0.4, 0.5) is 23.4 Å². The van der Waals surface area contributed by atoms with Gasteiger partial charge < -0.3 is 10.3 Å². The molecule has 29 heavy (non-hydrogen) atoms. The van der Waals surface area contributed by atoms with Gasteiger partial charge in [0.05, 0.1) is 16.5 Å². The molecular formula is C20H20F4N4O. The summed E-state index contributed by atoms with van der Waals surface area (Å²) in [5.41, 5.74) is 3.89. The third-order valence-corrected chi connectivity index (χ3v) is 4.72. The fourth-order valence-corrected chi connectivity index (χ4v) is 3.13. The molecule has 0 radical (unpaired) electrons. The van der Waals surface area contributed by atoms with Crippen LogP contribution in [-0.4, -0.2) is 14.5 Å². The molecule has 1 aromatic carbocycles. The van der Waals surface area contributed by atoms with Gasteiger partial charge in [-0.1, -0.05) is 26.2 Å². The maximum atomic E-state index is 14.7. The van der Waals surface area contributed by atoms with Crippen molar-refractivity contribution in [2.75, 3.05) is 5.73 Å². The van der Waals surface area contributed by atoms with E-state index in [1.807, 2.05) is 0 Å². The predicted octanol–water partition coefficient (Wildman–Crippen LogP) is 4.84. The zero-order valence-corrected chi connectivity index (χ0v) is 15.8. The van der Waals surface area contributed by atoms with Crippen molar-refractivity contribution in [1.29, 1.82) is 0 Å². The molecule has 0 spiro atoms. The van der Waals surface area contributed by atoms with E-state index in [1.54, 1.807) is 0 Å². The topological polar surface area (TPSA) is 73.8 Å². The third kappa shape index (κ3) is 4.08. The molecule has 0 atom stereocenters. The highest BCUT2D eigenvalue weighted by Crippen LogP contribution is 2.30. The van der Waals surface area contributed by atoms with Gasteiger partial charge in [-0.3, -0.25) is 4.79 Å². The Balaban J connectivity index is 2.05. The van der Waals surface area contributed by atoms with E-state index in [1.165, 1.54) is 22.9 Å². The first-order valence-corrected chi connectivity index (χ1v) is 9.27. The SMILES string of the molecule is CCCCCCn1ccc2cc(-c3ncc(C(F)F)c(N)n3)c(F)c(F)c2c1=O. The van der Waals surface area contributed by atoms with Crippen LogP contribution in [0.3, 0.4) is 0 Å². The number of nitrogen functional groups attached to an aromatic ring is 1. The second kappa shape index (κ2) is 8.59. The summed E-state index contributed by atoms with van der Waals surface area (Å²) in [5, 5.41) is -0.213. The molecule has 0 aliphatic heterocycles. The van der Waals surface area contributed by atoms with Gasteiger partial charge in [-0.15, -0.1) is 0 Å². The van der Waals surface area contributed by atoms with Gasteiger partial charge in [0, 0.05) is 18.9 Å². The number of pyridine rings is 1. The second-order valence-corrected chi connectivity index (χ2v) is 6.73. The number of unbranched alkanes of at least 4 members (excludes halogenated alkanes) is 3. The Hall–Kier alpha value is -2.97. The van der Waals surface area contributed by atoms with Gasteiger partial charge >= 0.3 is 0 Å². The number of hydrogen-bond donors (Lipinski definition) is 1. The maximum absolute atomic E-state index is 14.7. The monoisotopic (exact) mass is 408 g/mol. The summed E-state index contributed by atoms with van der Waals surface area (Å²) < 4.78 is 56.4. The molecule has 2 N–H and O–H groups in total. The van der Waals surface area contributed by atoms with E-state index in [0.717, 1.165) is 31.9 Å². The third-order valence-electron chi connectivity index (χ3n) is 4.72. The minimum absolute atomic E-state index is 0.161. The van der Waals surface area contributed by atoms with Gasteiger partial charge in [0.1, 0.15) is 5.82 Å². The van der Waals surface area contributed by atoms with E-state index in [2.05, 4.69) is 16.9 Å². The molecule has 0 saturated carbocycles. The highest BCUT2D eigenvalue weighted by molar-refractivity contribution is 5.86. The lowest BCUT2D eigenvalue weighted by Crippen LogP contribution is -2.21. The van der Waals surface area contributed by atoms with E-state index in [4.69, 9.17) is 5.73 Å². The molecule has 0 amide bonds. The summed E-state index contributed by atoms with van der Waals surface area (Å²) in [6.45, 7) is 2.47.